The summed E-state index contributed by atoms with van der Waals surface area (Å²) in [5.41, 5.74) is 2.53. The number of rotatable bonds is 5. The van der Waals surface area contributed by atoms with Crippen LogP contribution in [0.1, 0.15) is 12.1 Å². The predicted molar refractivity (Wildman–Crippen MR) is 100 cm³/mol. The largest absolute Gasteiger partial charge is 0.497 e. The highest BCUT2D eigenvalue weighted by molar-refractivity contribution is 6.00. The first-order valence-corrected chi connectivity index (χ1v) is 8.79. The highest BCUT2D eigenvalue weighted by Gasteiger charge is 2.35. The molecule has 0 aliphatic carbocycles. The number of benzene rings is 1. The fourth-order valence-corrected chi connectivity index (χ4v) is 3.29. The summed E-state index contributed by atoms with van der Waals surface area (Å²) in [6, 6.07) is 15.0. The van der Waals surface area contributed by atoms with Gasteiger partial charge >= 0.3 is 0 Å². The van der Waals surface area contributed by atoms with Gasteiger partial charge in [0.15, 0.2) is 0 Å². The molecule has 0 saturated carbocycles. The van der Waals surface area contributed by atoms with Gasteiger partial charge in [-0.1, -0.05) is 6.07 Å². The van der Waals surface area contributed by atoms with Gasteiger partial charge in [-0.25, -0.2) is 4.52 Å². The molecule has 2 amide bonds. The number of methoxy groups -OCH3 is 1. The second-order valence-electron chi connectivity index (χ2n) is 6.53. The maximum Gasteiger partial charge on any atom is 0.227 e. The van der Waals surface area contributed by atoms with Crippen LogP contribution in [-0.2, 0) is 16.1 Å². The number of anilines is 1. The summed E-state index contributed by atoms with van der Waals surface area (Å²) in [7, 11) is 1.60. The number of pyridine rings is 1. The van der Waals surface area contributed by atoms with Crippen LogP contribution in [0, 0.1) is 5.92 Å². The smallest absolute Gasteiger partial charge is 0.227 e. The minimum absolute atomic E-state index is 0.0481. The number of carbonyl (C=O) groups is 2. The number of nitrogens with zero attached hydrogens (tertiary/aromatic N) is 3. The Morgan fingerprint density at radius 3 is 2.81 bits per heavy atom. The van der Waals surface area contributed by atoms with Gasteiger partial charge in [-0.05, 0) is 42.5 Å². The van der Waals surface area contributed by atoms with E-state index in [9.17, 15) is 9.59 Å². The molecule has 4 rings (SSSR count). The van der Waals surface area contributed by atoms with Crippen LogP contribution in [0.15, 0.2) is 54.7 Å². The van der Waals surface area contributed by atoms with Crippen LogP contribution in [0.4, 0.5) is 5.69 Å². The normalized spacial score (nSPS) is 16.7. The zero-order valence-corrected chi connectivity index (χ0v) is 15.0. The molecule has 1 saturated heterocycles. The SMILES string of the molecule is COc1ccc(N2CC(C(=O)NCc3cc4ccccn4n3)CC2=O)cc1. The molecule has 7 nitrogen and oxygen atoms in total. The zero-order valence-electron chi connectivity index (χ0n) is 15.0. The highest BCUT2D eigenvalue weighted by Crippen LogP contribution is 2.27. The quantitative estimate of drug-likeness (QED) is 0.751. The van der Waals surface area contributed by atoms with E-state index in [0.29, 0.717) is 13.1 Å². The average molecular weight is 364 g/mol. The van der Waals surface area contributed by atoms with Crippen LogP contribution < -0.4 is 15.0 Å². The molecule has 138 valence electrons. The van der Waals surface area contributed by atoms with Gasteiger partial charge < -0.3 is 15.0 Å². The average Bonchev–Trinajstić information content (AvgIpc) is 3.29. The Morgan fingerprint density at radius 2 is 2.07 bits per heavy atom. The number of hydrogen-bond acceptors (Lipinski definition) is 4. The van der Waals surface area contributed by atoms with Gasteiger partial charge in [-0.3, -0.25) is 9.59 Å². The predicted octanol–water partition coefficient (Wildman–Crippen LogP) is 2.01. The van der Waals surface area contributed by atoms with Crippen molar-refractivity contribution >= 4 is 23.0 Å². The molecule has 1 aromatic carbocycles. The first kappa shape index (κ1) is 17.1. The monoisotopic (exact) mass is 364 g/mol. The number of hydrogen-bond donors (Lipinski definition) is 1. The van der Waals surface area contributed by atoms with E-state index in [0.717, 1.165) is 22.6 Å². The van der Waals surface area contributed by atoms with Crippen LogP contribution in [-0.4, -0.2) is 35.1 Å². The molecule has 1 aliphatic rings. The highest BCUT2D eigenvalue weighted by atomic mass is 16.5. The number of nitrogens with one attached hydrogen (secondary N) is 1. The summed E-state index contributed by atoms with van der Waals surface area (Å²) in [6.45, 7) is 0.718. The molecule has 2 aromatic heterocycles. The molecular weight excluding hydrogens is 344 g/mol. The number of amides is 2. The number of carbonyl (C=O) groups excluding carboxylic acids is 2. The van der Waals surface area contributed by atoms with Crippen molar-refractivity contribution in [2.75, 3.05) is 18.6 Å². The van der Waals surface area contributed by atoms with Crippen molar-refractivity contribution < 1.29 is 14.3 Å². The van der Waals surface area contributed by atoms with Gasteiger partial charge in [0.2, 0.25) is 11.8 Å². The summed E-state index contributed by atoms with van der Waals surface area (Å²) in [5, 5.41) is 7.32. The zero-order chi connectivity index (χ0) is 18.8. The maximum atomic E-state index is 12.5. The second kappa shape index (κ2) is 7.11. The lowest BCUT2D eigenvalue weighted by molar-refractivity contribution is -0.126. The van der Waals surface area contributed by atoms with E-state index in [1.807, 2.05) is 42.6 Å². The standard InChI is InChI=1S/C20H20N4O3/c1-27-18-7-5-16(6-8-18)23-13-14(10-19(23)25)20(26)21-12-15-11-17-4-2-3-9-24(17)22-15/h2-9,11,14H,10,12-13H2,1H3,(H,21,26). The Kier molecular flexibility index (Phi) is 4.50. The van der Waals surface area contributed by atoms with Gasteiger partial charge in [-0.15, -0.1) is 0 Å². The van der Waals surface area contributed by atoms with Crippen molar-refractivity contribution in [3.63, 3.8) is 0 Å². The Bertz CT molecular complexity index is 947. The van der Waals surface area contributed by atoms with E-state index in [4.69, 9.17) is 4.74 Å². The minimum atomic E-state index is -0.364. The molecule has 0 radical (unpaired) electrons. The van der Waals surface area contributed by atoms with Crippen molar-refractivity contribution in [3.05, 3.63) is 60.4 Å². The topological polar surface area (TPSA) is 75.9 Å². The molecule has 27 heavy (non-hydrogen) atoms. The summed E-state index contributed by atoms with van der Waals surface area (Å²) in [5.74, 6) is 0.188. The van der Waals surface area contributed by atoms with Crippen molar-refractivity contribution in [2.24, 2.45) is 5.92 Å². The number of ether oxygens (including phenoxy) is 1. The molecule has 1 aliphatic heterocycles. The van der Waals surface area contributed by atoms with Crippen LogP contribution in [0.5, 0.6) is 5.75 Å². The van der Waals surface area contributed by atoms with Gasteiger partial charge in [-0.2, -0.15) is 5.10 Å². The van der Waals surface area contributed by atoms with Crippen LogP contribution in [0.2, 0.25) is 0 Å². The van der Waals surface area contributed by atoms with Crippen molar-refractivity contribution in [1.82, 2.24) is 14.9 Å². The van der Waals surface area contributed by atoms with E-state index in [2.05, 4.69) is 10.4 Å². The van der Waals surface area contributed by atoms with Gasteiger partial charge in [0.25, 0.3) is 0 Å². The molecular formula is C20H20N4O3. The lowest BCUT2D eigenvalue weighted by Crippen LogP contribution is -2.32. The molecule has 3 heterocycles. The summed E-state index contributed by atoms with van der Waals surface area (Å²) < 4.78 is 6.91. The summed E-state index contributed by atoms with van der Waals surface area (Å²) in [4.78, 5) is 26.5. The van der Waals surface area contributed by atoms with E-state index in [-0.39, 0.29) is 24.2 Å². The molecule has 0 bridgehead atoms. The second-order valence-corrected chi connectivity index (χ2v) is 6.53. The van der Waals surface area contributed by atoms with Crippen molar-refractivity contribution in [1.29, 1.82) is 0 Å². The van der Waals surface area contributed by atoms with Gasteiger partial charge in [0, 0.05) is 24.8 Å². The lowest BCUT2D eigenvalue weighted by atomic mass is 10.1. The fourth-order valence-electron chi connectivity index (χ4n) is 3.29. The Labute approximate surface area is 156 Å². The van der Waals surface area contributed by atoms with Crippen LogP contribution in [0.3, 0.4) is 0 Å². The van der Waals surface area contributed by atoms with E-state index in [1.165, 1.54) is 0 Å². The summed E-state index contributed by atoms with van der Waals surface area (Å²) in [6.07, 6.45) is 2.08. The Balaban J connectivity index is 1.38. The maximum absolute atomic E-state index is 12.5. The first-order chi connectivity index (χ1) is 13.1. The van der Waals surface area contributed by atoms with Crippen molar-refractivity contribution in [3.8, 4) is 5.75 Å². The third-order valence-corrected chi connectivity index (χ3v) is 4.74. The summed E-state index contributed by atoms with van der Waals surface area (Å²) >= 11 is 0. The first-order valence-electron chi connectivity index (χ1n) is 8.79. The third-order valence-electron chi connectivity index (χ3n) is 4.74. The molecule has 1 atom stereocenters. The number of aromatic nitrogens is 2. The molecule has 3 aromatic rings. The van der Waals surface area contributed by atoms with E-state index < -0.39 is 0 Å². The van der Waals surface area contributed by atoms with Crippen LogP contribution in [0.25, 0.3) is 5.52 Å². The molecule has 1 unspecified atom stereocenters. The molecule has 7 heteroatoms. The van der Waals surface area contributed by atoms with Gasteiger partial charge in [0.1, 0.15) is 5.75 Å². The minimum Gasteiger partial charge on any atom is -0.497 e. The van der Waals surface area contributed by atoms with E-state index in [1.54, 1.807) is 28.7 Å². The third kappa shape index (κ3) is 3.48. The fraction of sp³-hybridized carbons (Fsp3) is 0.250. The lowest BCUT2D eigenvalue weighted by Gasteiger charge is -2.17. The molecule has 1 N–H and O–H groups in total. The van der Waals surface area contributed by atoms with Crippen LogP contribution >= 0.6 is 0 Å². The number of fused-ring (bicyclic) bond motifs is 1. The Morgan fingerprint density at radius 1 is 1.26 bits per heavy atom. The molecule has 1 fully saturated rings. The Hall–Kier alpha value is -3.35. The molecule has 0 spiro atoms. The van der Waals surface area contributed by atoms with Crippen molar-refractivity contribution in [2.45, 2.75) is 13.0 Å². The van der Waals surface area contributed by atoms with Gasteiger partial charge in [0.05, 0.1) is 30.8 Å². The van der Waals surface area contributed by atoms with E-state index >= 15 is 0 Å².